The third-order valence-electron chi connectivity index (χ3n) is 2.39. The van der Waals surface area contributed by atoms with Crippen molar-refractivity contribution in [3.05, 3.63) is 11.1 Å². The van der Waals surface area contributed by atoms with Crippen LogP contribution in [-0.2, 0) is 9.59 Å². The van der Waals surface area contributed by atoms with Gasteiger partial charge in [-0.3, -0.25) is 9.69 Å². The summed E-state index contributed by atoms with van der Waals surface area (Å²) in [6, 6.07) is 0. The van der Waals surface area contributed by atoms with Crippen molar-refractivity contribution in [2.45, 2.75) is 18.7 Å². The van der Waals surface area contributed by atoms with Crippen LogP contribution in [0, 0.1) is 5.92 Å². The molecule has 2 aliphatic rings. The van der Waals surface area contributed by atoms with Crippen molar-refractivity contribution in [1.82, 2.24) is 4.90 Å². The predicted molar refractivity (Wildman–Crippen MR) is 47.7 cm³/mol. The number of carbonyl (C=O) groups excluding carboxylic acids is 1. The minimum Gasteiger partial charge on any atom is -0.477 e. The minimum atomic E-state index is -1.02. The molecule has 0 saturated carbocycles. The van der Waals surface area contributed by atoms with Crippen LogP contribution in [0.2, 0.25) is 0 Å². The van der Waals surface area contributed by atoms with Gasteiger partial charge in [-0.05, 0) is 6.42 Å². The lowest BCUT2D eigenvalue weighted by atomic mass is 9.95. The molecule has 0 aromatic heterocycles. The van der Waals surface area contributed by atoms with Crippen molar-refractivity contribution in [1.29, 1.82) is 0 Å². The van der Waals surface area contributed by atoms with Crippen molar-refractivity contribution in [3.63, 3.8) is 0 Å². The lowest BCUT2D eigenvalue weighted by Crippen LogP contribution is -2.56. The molecule has 0 aliphatic carbocycles. The normalized spacial score (nSPS) is 31.0. The van der Waals surface area contributed by atoms with Gasteiger partial charge in [0.1, 0.15) is 5.70 Å². The van der Waals surface area contributed by atoms with E-state index in [1.165, 1.54) is 16.7 Å². The van der Waals surface area contributed by atoms with E-state index in [-0.39, 0.29) is 22.9 Å². The van der Waals surface area contributed by atoms with Crippen LogP contribution in [0.1, 0.15) is 13.3 Å². The van der Waals surface area contributed by atoms with Crippen LogP contribution in [0.5, 0.6) is 0 Å². The summed E-state index contributed by atoms with van der Waals surface area (Å²) >= 11 is 1.43. The highest BCUT2D eigenvalue weighted by Crippen LogP contribution is 2.45. The number of hydrogen-bond acceptors (Lipinski definition) is 3. The Morgan fingerprint density at radius 2 is 2.46 bits per heavy atom. The van der Waals surface area contributed by atoms with Crippen LogP contribution in [0.4, 0.5) is 0 Å². The van der Waals surface area contributed by atoms with E-state index in [0.29, 0.717) is 0 Å². The fourth-order valence-electron chi connectivity index (χ4n) is 1.66. The van der Waals surface area contributed by atoms with E-state index in [9.17, 15) is 9.59 Å². The maximum Gasteiger partial charge on any atom is 0.353 e. The maximum absolute atomic E-state index is 11.4. The van der Waals surface area contributed by atoms with Gasteiger partial charge >= 0.3 is 5.97 Å². The zero-order valence-electron chi connectivity index (χ0n) is 7.06. The van der Waals surface area contributed by atoms with E-state index in [4.69, 9.17) is 5.11 Å². The van der Waals surface area contributed by atoms with Gasteiger partial charge in [-0.1, -0.05) is 6.92 Å². The Hall–Kier alpha value is -0.970. The lowest BCUT2D eigenvalue weighted by Gasteiger charge is -2.41. The molecular weight excluding hydrogens is 190 g/mol. The summed E-state index contributed by atoms with van der Waals surface area (Å²) in [7, 11) is 0. The third kappa shape index (κ3) is 0.997. The summed E-state index contributed by atoms with van der Waals surface area (Å²) in [5, 5.41) is 10.3. The van der Waals surface area contributed by atoms with Gasteiger partial charge in [0.25, 0.3) is 0 Å². The van der Waals surface area contributed by atoms with Crippen LogP contribution in [-0.4, -0.2) is 27.3 Å². The number of amides is 1. The zero-order chi connectivity index (χ0) is 9.59. The first-order chi connectivity index (χ1) is 6.16. The van der Waals surface area contributed by atoms with Gasteiger partial charge in [-0.2, -0.15) is 0 Å². The number of thioether (sulfide) groups is 1. The van der Waals surface area contributed by atoms with Gasteiger partial charge in [0.2, 0.25) is 5.91 Å². The summed E-state index contributed by atoms with van der Waals surface area (Å²) < 4.78 is 0. The van der Waals surface area contributed by atoms with E-state index >= 15 is 0 Å². The monoisotopic (exact) mass is 199 g/mol. The molecule has 1 amide bonds. The molecule has 4 nitrogen and oxygen atoms in total. The predicted octanol–water partition coefficient (Wildman–Crippen LogP) is 0.854. The topological polar surface area (TPSA) is 57.6 Å². The molecule has 0 spiro atoms. The molecular formula is C8H9NO3S. The number of nitrogens with zero attached hydrogens (tertiary/aromatic N) is 1. The number of hydrogen-bond donors (Lipinski definition) is 1. The molecule has 1 unspecified atom stereocenters. The average Bonchev–Trinajstić information content (AvgIpc) is 2.45. The fraction of sp³-hybridized carbons (Fsp3) is 0.500. The van der Waals surface area contributed by atoms with E-state index in [1.54, 1.807) is 5.41 Å². The average molecular weight is 199 g/mol. The number of aliphatic carboxylic acids is 1. The molecule has 70 valence electrons. The lowest BCUT2D eigenvalue weighted by molar-refractivity contribution is -0.151. The van der Waals surface area contributed by atoms with Crippen LogP contribution >= 0.6 is 11.8 Å². The van der Waals surface area contributed by atoms with Gasteiger partial charge < -0.3 is 5.11 Å². The number of carboxylic acids is 1. The van der Waals surface area contributed by atoms with Crippen molar-refractivity contribution < 1.29 is 14.7 Å². The summed E-state index contributed by atoms with van der Waals surface area (Å²) in [6.45, 7) is 1.94. The Morgan fingerprint density at radius 1 is 1.77 bits per heavy atom. The zero-order valence-corrected chi connectivity index (χ0v) is 7.87. The molecule has 13 heavy (non-hydrogen) atoms. The van der Waals surface area contributed by atoms with Gasteiger partial charge in [0.05, 0.1) is 11.3 Å². The molecule has 1 N–H and O–H groups in total. The maximum atomic E-state index is 11.4. The molecule has 2 atom stereocenters. The second-order valence-corrected chi connectivity index (χ2v) is 4.05. The van der Waals surface area contributed by atoms with Gasteiger partial charge in [0.15, 0.2) is 0 Å². The number of β-lactam (4-membered cyclic amide) rings is 1. The molecule has 0 radical (unpaired) electrons. The Kier molecular flexibility index (Phi) is 1.83. The molecule has 5 heteroatoms. The van der Waals surface area contributed by atoms with Crippen molar-refractivity contribution >= 4 is 23.6 Å². The number of fused-ring (bicyclic) bond motifs is 1. The minimum absolute atomic E-state index is 0.0121. The first-order valence-electron chi connectivity index (χ1n) is 4.08. The van der Waals surface area contributed by atoms with Crippen LogP contribution < -0.4 is 0 Å². The largest absolute Gasteiger partial charge is 0.477 e. The molecule has 2 aliphatic heterocycles. The summed E-state index contributed by atoms with van der Waals surface area (Å²) in [6.07, 6.45) is 0.785. The van der Waals surface area contributed by atoms with Crippen LogP contribution in [0.3, 0.4) is 0 Å². The van der Waals surface area contributed by atoms with Crippen molar-refractivity contribution in [2.24, 2.45) is 5.92 Å². The van der Waals surface area contributed by atoms with Crippen LogP contribution in [0.25, 0.3) is 0 Å². The van der Waals surface area contributed by atoms with E-state index in [2.05, 4.69) is 0 Å². The molecule has 0 aromatic rings. The highest BCUT2D eigenvalue weighted by atomic mass is 32.2. The van der Waals surface area contributed by atoms with Crippen molar-refractivity contribution in [3.8, 4) is 0 Å². The first-order valence-corrected chi connectivity index (χ1v) is 5.03. The highest BCUT2D eigenvalue weighted by Gasteiger charge is 2.52. The number of rotatable bonds is 2. The summed E-state index contributed by atoms with van der Waals surface area (Å²) in [5.41, 5.74) is 0.129. The fourth-order valence-corrected chi connectivity index (χ4v) is 2.98. The first kappa shape index (κ1) is 8.62. The molecule has 2 rings (SSSR count). The second kappa shape index (κ2) is 2.77. The molecule has 2 heterocycles. The smallest absolute Gasteiger partial charge is 0.353 e. The Balaban J connectivity index is 2.18. The van der Waals surface area contributed by atoms with E-state index < -0.39 is 5.97 Å². The summed E-state index contributed by atoms with van der Waals surface area (Å²) in [4.78, 5) is 23.4. The van der Waals surface area contributed by atoms with E-state index in [0.717, 1.165) is 6.42 Å². The third-order valence-corrected chi connectivity index (χ3v) is 3.57. The van der Waals surface area contributed by atoms with Gasteiger partial charge in [-0.25, -0.2) is 4.79 Å². The quantitative estimate of drug-likeness (QED) is 0.670. The SMILES string of the molecule is CCC1C(=O)N2C(C(=O)O)=CS[C@H]12. The molecule has 1 fully saturated rings. The standard InChI is InChI=1S/C8H9NO3S/c1-2-4-6(10)9-5(8(11)12)3-13-7(4)9/h3-4,7H,2H2,1H3,(H,11,12)/t4?,7-/m1/s1. The highest BCUT2D eigenvalue weighted by molar-refractivity contribution is 8.03. The summed E-state index contributed by atoms with van der Waals surface area (Å²) in [5.74, 6) is -1.05. The molecule has 0 bridgehead atoms. The Bertz CT molecular complexity index is 313. The van der Waals surface area contributed by atoms with Gasteiger partial charge in [-0.15, -0.1) is 11.8 Å². The number of carbonyl (C=O) groups is 2. The molecule has 0 aromatic carbocycles. The molecule has 1 saturated heterocycles. The second-order valence-electron chi connectivity index (χ2n) is 3.06. The Morgan fingerprint density at radius 3 is 3.00 bits per heavy atom. The van der Waals surface area contributed by atoms with E-state index in [1.807, 2.05) is 6.92 Å². The van der Waals surface area contributed by atoms with Gasteiger partial charge in [0, 0.05) is 5.41 Å². The number of carboxylic acid groups (broad SMARTS) is 1. The van der Waals surface area contributed by atoms with Crippen LogP contribution in [0.15, 0.2) is 11.1 Å². The Labute approximate surface area is 79.6 Å². The van der Waals surface area contributed by atoms with Crippen molar-refractivity contribution in [2.75, 3.05) is 0 Å².